The van der Waals surface area contributed by atoms with Crippen LogP contribution in [0.2, 0.25) is 0 Å². The Kier molecular flexibility index (Phi) is 7.61. The van der Waals surface area contributed by atoms with Gasteiger partial charge in [-0.15, -0.1) is 0 Å². The van der Waals surface area contributed by atoms with Crippen molar-refractivity contribution in [1.82, 2.24) is 4.57 Å². The highest BCUT2D eigenvalue weighted by atomic mass is 16.3. The molecule has 3 heterocycles. The van der Waals surface area contributed by atoms with Gasteiger partial charge in [0.2, 0.25) is 0 Å². The van der Waals surface area contributed by atoms with Crippen molar-refractivity contribution in [2.24, 2.45) is 0 Å². The van der Waals surface area contributed by atoms with Crippen molar-refractivity contribution >= 4 is 88.7 Å². The summed E-state index contributed by atoms with van der Waals surface area (Å²) >= 11 is 0. The summed E-state index contributed by atoms with van der Waals surface area (Å²) in [6, 6.07) is 71.8. The number of nitrogens with zero attached hydrogens (tertiary/aromatic N) is 2. The van der Waals surface area contributed by atoms with E-state index in [2.05, 4.69) is 204 Å². The van der Waals surface area contributed by atoms with Gasteiger partial charge >= 0.3 is 0 Å². The summed E-state index contributed by atoms with van der Waals surface area (Å²) in [7, 11) is 0. The molecule has 4 heteroatoms. The monoisotopic (exact) mass is 792 g/mol. The van der Waals surface area contributed by atoms with Crippen LogP contribution in [0, 0.1) is 12.1 Å². The molecular formula is C58H36N2O2. The van der Waals surface area contributed by atoms with Crippen molar-refractivity contribution in [2.75, 3.05) is 4.90 Å². The molecule has 13 rings (SSSR count). The van der Waals surface area contributed by atoms with E-state index < -0.39 is 0 Å². The normalized spacial score (nSPS) is 12.5. The Labute approximate surface area is 357 Å². The molecule has 9 aromatic carbocycles. The van der Waals surface area contributed by atoms with E-state index in [9.17, 15) is 0 Å². The molecule has 0 aliphatic heterocycles. The lowest BCUT2D eigenvalue weighted by atomic mass is 10.0. The highest BCUT2D eigenvalue weighted by Crippen LogP contribution is 2.45. The number of hydrogen-bond acceptors (Lipinski definition) is 3. The number of fused-ring (bicyclic) bond motifs is 11. The topological polar surface area (TPSA) is 34.5 Å². The van der Waals surface area contributed by atoms with E-state index in [0.29, 0.717) is 0 Å². The molecule has 0 saturated heterocycles. The van der Waals surface area contributed by atoms with Gasteiger partial charge in [-0.25, -0.2) is 0 Å². The van der Waals surface area contributed by atoms with E-state index in [0.717, 1.165) is 112 Å². The van der Waals surface area contributed by atoms with Gasteiger partial charge in [0.15, 0.2) is 0 Å². The van der Waals surface area contributed by atoms with Crippen LogP contribution in [0.3, 0.4) is 0 Å². The van der Waals surface area contributed by atoms with Crippen molar-refractivity contribution in [3.8, 4) is 27.9 Å². The summed E-state index contributed by atoms with van der Waals surface area (Å²) in [5.41, 5.74) is 15.6. The third-order valence-corrected chi connectivity index (χ3v) is 12.7. The molecule has 290 valence electrons. The van der Waals surface area contributed by atoms with Crippen molar-refractivity contribution in [2.45, 2.75) is 12.8 Å². The number of rotatable bonds is 6. The van der Waals surface area contributed by atoms with Gasteiger partial charge in [0, 0.05) is 55.0 Å². The fourth-order valence-corrected chi connectivity index (χ4v) is 9.87. The first-order chi connectivity index (χ1) is 30.7. The Morgan fingerprint density at radius 3 is 2.24 bits per heavy atom. The maximum Gasteiger partial charge on any atom is 0.143 e. The zero-order chi connectivity index (χ0) is 40.7. The molecule has 3 aromatic heterocycles. The molecular weight excluding hydrogens is 757 g/mol. The van der Waals surface area contributed by atoms with Gasteiger partial charge < -0.3 is 18.3 Å². The molecule has 62 heavy (non-hydrogen) atoms. The van der Waals surface area contributed by atoms with Gasteiger partial charge in [-0.2, -0.15) is 0 Å². The van der Waals surface area contributed by atoms with Crippen LogP contribution in [0.1, 0.15) is 17.7 Å². The molecule has 0 atom stereocenters. The van der Waals surface area contributed by atoms with Crippen molar-refractivity contribution in [3.05, 3.63) is 211 Å². The third kappa shape index (κ3) is 5.29. The minimum Gasteiger partial charge on any atom is -0.456 e. The molecule has 0 N–H and O–H groups in total. The van der Waals surface area contributed by atoms with E-state index in [1.165, 1.54) is 22.2 Å². The standard InChI is InChI=1S/C58H36N2O2/c1-2-17-44-37(13-1)29-34-49-57-53(24-12-26-55(57)62-58(44)49)59(42-15-11-14-39(35-42)40-30-33-48-47-20-6-10-25-54(47)61-56(48)36-40)41-31-27-38(28-32-41)43-16-3-7-21-50(43)60-51-22-8-4-18-45(51)46-19-5-9-23-52(46)60/h1-8,10-22,24-27,29-31,33-36H,9,23H2. The molecule has 0 amide bonds. The van der Waals surface area contributed by atoms with Gasteiger partial charge in [0.25, 0.3) is 0 Å². The van der Waals surface area contributed by atoms with E-state index in [4.69, 9.17) is 8.83 Å². The fraction of sp³-hybridized carbons (Fsp3) is 0.0345. The molecule has 1 aliphatic carbocycles. The molecule has 1 aliphatic rings. The minimum atomic E-state index is 0.831. The zero-order valence-corrected chi connectivity index (χ0v) is 33.6. The Balaban J connectivity index is 0.984. The third-order valence-electron chi connectivity index (χ3n) is 12.7. The van der Waals surface area contributed by atoms with Crippen LogP contribution in [0.4, 0.5) is 17.1 Å². The summed E-state index contributed by atoms with van der Waals surface area (Å²) in [6.07, 6.45) is 6.61. The maximum absolute atomic E-state index is 6.72. The predicted octanol–water partition coefficient (Wildman–Crippen LogP) is 15.9. The van der Waals surface area contributed by atoms with Gasteiger partial charge in [-0.3, -0.25) is 0 Å². The molecule has 0 bridgehead atoms. The van der Waals surface area contributed by atoms with E-state index in [1.807, 2.05) is 12.1 Å². The Morgan fingerprint density at radius 2 is 1.31 bits per heavy atom. The van der Waals surface area contributed by atoms with Crippen molar-refractivity contribution in [1.29, 1.82) is 0 Å². The first-order valence-electron chi connectivity index (χ1n) is 21.2. The number of benzene rings is 8. The summed E-state index contributed by atoms with van der Waals surface area (Å²) in [6.45, 7) is 0. The van der Waals surface area contributed by atoms with Gasteiger partial charge in [-0.05, 0) is 108 Å². The van der Waals surface area contributed by atoms with Crippen molar-refractivity contribution in [3.63, 3.8) is 0 Å². The number of para-hydroxylation sites is 3. The number of allylic oxidation sites excluding steroid dienone is 1. The van der Waals surface area contributed by atoms with Crippen LogP contribution in [0.25, 0.3) is 99.6 Å². The number of furan rings is 2. The first-order valence-corrected chi connectivity index (χ1v) is 21.2. The first kappa shape index (κ1) is 34.6. The summed E-state index contributed by atoms with van der Waals surface area (Å²) in [4.78, 5) is 2.30. The second-order valence-corrected chi connectivity index (χ2v) is 16.2. The molecule has 0 saturated carbocycles. The van der Waals surface area contributed by atoms with Gasteiger partial charge in [-0.1, -0.05) is 127 Å². The van der Waals surface area contributed by atoms with Crippen LogP contribution in [-0.4, -0.2) is 4.57 Å². The number of anilines is 3. The fourth-order valence-electron chi connectivity index (χ4n) is 9.87. The average Bonchev–Trinajstić information content (AvgIpc) is 4.02. The smallest absolute Gasteiger partial charge is 0.143 e. The Morgan fingerprint density at radius 1 is 0.532 bits per heavy atom. The second kappa shape index (κ2) is 13.6. The summed E-state index contributed by atoms with van der Waals surface area (Å²) in [5, 5.41) is 7.87. The highest BCUT2D eigenvalue weighted by Gasteiger charge is 2.23. The van der Waals surface area contributed by atoms with E-state index in [-0.39, 0.29) is 0 Å². The summed E-state index contributed by atoms with van der Waals surface area (Å²) in [5.74, 6) is 0. The lowest BCUT2D eigenvalue weighted by Crippen LogP contribution is -2.10. The quantitative estimate of drug-likeness (QED) is 0.168. The minimum absolute atomic E-state index is 0.831. The number of hydrogen-bond donors (Lipinski definition) is 0. The largest absolute Gasteiger partial charge is 0.456 e. The van der Waals surface area contributed by atoms with Crippen LogP contribution >= 0.6 is 0 Å². The molecule has 0 spiro atoms. The van der Waals surface area contributed by atoms with Crippen LogP contribution in [-0.2, 0) is 6.42 Å². The lowest BCUT2D eigenvalue weighted by molar-refractivity contribution is 0.669. The van der Waals surface area contributed by atoms with Crippen LogP contribution in [0.15, 0.2) is 197 Å². The van der Waals surface area contributed by atoms with Gasteiger partial charge in [0.05, 0.1) is 28.0 Å². The van der Waals surface area contributed by atoms with Crippen LogP contribution < -0.4 is 4.90 Å². The highest BCUT2D eigenvalue weighted by molar-refractivity contribution is 6.19. The van der Waals surface area contributed by atoms with Crippen LogP contribution in [0.5, 0.6) is 0 Å². The maximum atomic E-state index is 6.72. The number of aromatic nitrogens is 1. The Bertz CT molecular complexity index is 3770. The molecule has 0 unspecified atom stereocenters. The summed E-state index contributed by atoms with van der Waals surface area (Å²) < 4.78 is 15.5. The molecule has 12 aromatic rings. The average molecular weight is 793 g/mol. The SMILES string of the molecule is c1c(-c2ccccc2-n2c3c(c4ccccc42)C=CCC3)ccc(N(c2cccc(-c3ccc4c(c3)oc3ccccc34)c2)c2cccc3oc4c5ccccc5ccc4c23)c#1. The molecule has 4 nitrogen and oxygen atoms in total. The molecule has 0 radical (unpaired) electrons. The zero-order valence-electron chi connectivity index (χ0n) is 33.6. The second-order valence-electron chi connectivity index (χ2n) is 16.2. The van der Waals surface area contributed by atoms with Crippen molar-refractivity contribution < 1.29 is 8.83 Å². The lowest BCUT2D eigenvalue weighted by Gasteiger charge is -2.25. The predicted molar refractivity (Wildman–Crippen MR) is 256 cm³/mol. The van der Waals surface area contributed by atoms with E-state index in [1.54, 1.807) is 0 Å². The van der Waals surface area contributed by atoms with E-state index >= 15 is 0 Å². The molecule has 0 fully saturated rings. The van der Waals surface area contributed by atoms with Gasteiger partial charge in [0.1, 0.15) is 22.3 Å². The Hall–Kier alpha value is -8.26.